The molecule has 0 bridgehead atoms. The summed E-state index contributed by atoms with van der Waals surface area (Å²) >= 11 is 5.73. The van der Waals surface area contributed by atoms with Crippen molar-refractivity contribution >= 4 is 11.6 Å². The Morgan fingerprint density at radius 1 is 1.11 bits per heavy atom. The zero-order valence-corrected chi connectivity index (χ0v) is 11.4. The number of nitrogens with two attached hydrogens (primary N) is 3. The van der Waals surface area contributed by atoms with E-state index in [1.54, 1.807) is 12.3 Å². The van der Waals surface area contributed by atoms with E-state index in [4.69, 9.17) is 29.0 Å². The van der Waals surface area contributed by atoms with Gasteiger partial charge in [-0.2, -0.15) is 16.4 Å². The van der Waals surface area contributed by atoms with Crippen LogP contribution < -0.4 is 17.4 Å². The average molecular weight is 273 g/mol. The quantitative estimate of drug-likeness (QED) is 0.219. The molecule has 0 unspecified atom stereocenters. The first kappa shape index (κ1) is 15.3. The SMILES string of the molecule is NCCCCCC[N+](N)(N)Cc1ccc(Cl)nc1. The fourth-order valence-corrected chi connectivity index (χ4v) is 1.93. The Kier molecular flexibility index (Phi) is 6.52. The average Bonchev–Trinajstić information content (AvgIpc) is 2.31. The second kappa shape index (κ2) is 7.66. The summed E-state index contributed by atoms with van der Waals surface area (Å²) in [4.78, 5) is 4.01. The number of quaternary nitrogens is 1. The minimum Gasteiger partial charge on any atom is -0.330 e. The molecule has 0 amide bonds. The van der Waals surface area contributed by atoms with Crippen LogP contribution in [0.15, 0.2) is 18.3 Å². The van der Waals surface area contributed by atoms with Crippen molar-refractivity contribution in [2.45, 2.75) is 32.2 Å². The summed E-state index contributed by atoms with van der Waals surface area (Å²) in [6.45, 7) is 2.05. The molecule has 6 heteroatoms. The number of hydrogen-bond donors (Lipinski definition) is 3. The predicted octanol–water partition coefficient (Wildman–Crippen LogP) is 1.32. The molecular weight excluding hydrogens is 250 g/mol. The van der Waals surface area contributed by atoms with Gasteiger partial charge in [-0.15, -0.1) is 0 Å². The summed E-state index contributed by atoms with van der Waals surface area (Å²) in [5.41, 5.74) is 6.43. The number of halogens is 1. The number of pyridine rings is 1. The lowest BCUT2D eigenvalue weighted by atomic mass is 10.2. The highest BCUT2D eigenvalue weighted by Crippen LogP contribution is 2.10. The molecule has 102 valence electrons. The molecule has 0 spiro atoms. The van der Waals surface area contributed by atoms with Crippen LogP contribution >= 0.6 is 11.6 Å². The molecule has 18 heavy (non-hydrogen) atoms. The van der Waals surface area contributed by atoms with E-state index < -0.39 is 0 Å². The van der Waals surface area contributed by atoms with Crippen LogP contribution in [0.4, 0.5) is 0 Å². The van der Waals surface area contributed by atoms with Crippen LogP contribution in [-0.4, -0.2) is 22.8 Å². The first-order chi connectivity index (χ1) is 8.53. The normalized spacial score (nSPS) is 11.8. The highest BCUT2D eigenvalue weighted by Gasteiger charge is 2.18. The van der Waals surface area contributed by atoms with Crippen LogP contribution in [0.5, 0.6) is 0 Å². The second-order valence-corrected chi connectivity index (χ2v) is 5.06. The third-order valence-electron chi connectivity index (χ3n) is 2.79. The Bertz CT molecular complexity index is 339. The van der Waals surface area contributed by atoms with Gasteiger partial charge in [0.25, 0.3) is 0 Å². The fraction of sp³-hybridized carbons (Fsp3) is 0.583. The molecule has 0 saturated carbocycles. The minimum absolute atomic E-state index is 0.00800. The Hall–Kier alpha value is -0.720. The highest BCUT2D eigenvalue weighted by atomic mass is 35.5. The van der Waals surface area contributed by atoms with Crippen LogP contribution in [-0.2, 0) is 6.54 Å². The molecule has 0 aromatic carbocycles. The highest BCUT2D eigenvalue weighted by molar-refractivity contribution is 6.29. The van der Waals surface area contributed by atoms with Crippen molar-refractivity contribution in [1.29, 1.82) is 0 Å². The van der Waals surface area contributed by atoms with E-state index in [-0.39, 0.29) is 4.70 Å². The molecule has 1 aromatic rings. The molecule has 1 aromatic heterocycles. The van der Waals surface area contributed by atoms with Crippen molar-refractivity contribution in [3.63, 3.8) is 0 Å². The largest absolute Gasteiger partial charge is 0.330 e. The van der Waals surface area contributed by atoms with Gasteiger partial charge in [0, 0.05) is 18.2 Å². The lowest BCUT2D eigenvalue weighted by Crippen LogP contribution is -2.60. The van der Waals surface area contributed by atoms with Crippen LogP contribution in [0.1, 0.15) is 31.2 Å². The maximum Gasteiger partial charge on any atom is 0.141 e. The molecular formula is C12H23ClN5+. The smallest absolute Gasteiger partial charge is 0.141 e. The molecule has 1 rings (SSSR count). The van der Waals surface area contributed by atoms with Gasteiger partial charge in [-0.3, -0.25) is 0 Å². The maximum atomic E-state index is 6.03. The fourth-order valence-electron chi connectivity index (χ4n) is 1.82. The summed E-state index contributed by atoms with van der Waals surface area (Å²) in [6.07, 6.45) is 6.04. The second-order valence-electron chi connectivity index (χ2n) is 4.68. The predicted molar refractivity (Wildman–Crippen MR) is 74.0 cm³/mol. The molecule has 0 fully saturated rings. The summed E-state index contributed by atoms with van der Waals surface area (Å²) in [7, 11) is 0. The molecule has 0 atom stereocenters. The van der Waals surface area contributed by atoms with Gasteiger partial charge >= 0.3 is 0 Å². The molecule has 0 aliphatic carbocycles. The van der Waals surface area contributed by atoms with E-state index in [1.165, 1.54) is 0 Å². The Morgan fingerprint density at radius 2 is 1.83 bits per heavy atom. The van der Waals surface area contributed by atoms with Gasteiger partial charge in [0.2, 0.25) is 0 Å². The maximum absolute atomic E-state index is 6.03. The first-order valence-electron chi connectivity index (χ1n) is 6.28. The van der Waals surface area contributed by atoms with Crippen LogP contribution in [0.2, 0.25) is 5.15 Å². The lowest BCUT2D eigenvalue weighted by Gasteiger charge is -2.26. The van der Waals surface area contributed by atoms with Gasteiger partial charge in [0.1, 0.15) is 18.2 Å². The van der Waals surface area contributed by atoms with Crippen molar-refractivity contribution in [3.05, 3.63) is 29.0 Å². The molecule has 0 aliphatic heterocycles. The van der Waals surface area contributed by atoms with E-state index in [1.807, 2.05) is 6.07 Å². The Balaban J connectivity index is 2.32. The van der Waals surface area contributed by atoms with Crippen molar-refractivity contribution < 1.29 is 4.70 Å². The Labute approximate surface area is 113 Å². The number of aromatic nitrogens is 1. The summed E-state index contributed by atoms with van der Waals surface area (Å²) < 4.78 is -0.00800. The van der Waals surface area contributed by atoms with Gasteiger partial charge in [0.05, 0.1) is 0 Å². The molecule has 6 N–H and O–H groups in total. The van der Waals surface area contributed by atoms with E-state index in [9.17, 15) is 0 Å². The summed E-state index contributed by atoms with van der Waals surface area (Å²) in [5.74, 6) is 12.1. The third kappa shape index (κ3) is 6.28. The zero-order chi connectivity index (χ0) is 13.4. The van der Waals surface area contributed by atoms with Gasteiger partial charge in [-0.05, 0) is 31.5 Å². The first-order valence-corrected chi connectivity index (χ1v) is 6.66. The topological polar surface area (TPSA) is 91.0 Å². The van der Waals surface area contributed by atoms with Crippen LogP contribution in [0, 0.1) is 0 Å². The van der Waals surface area contributed by atoms with E-state index in [2.05, 4.69) is 4.98 Å². The Morgan fingerprint density at radius 3 is 2.44 bits per heavy atom. The van der Waals surface area contributed by atoms with E-state index in [0.29, 0.717) is 11.7 Å². The summed E-state index contributed by atoms with van der Waals surface area (Å²) in [5, 5.41) is 0.479. The van der Waals surface area contributed by atoms with Crippen molar-refractivity contribution in [2.24, 2.45) is 17.4 Å². The van der Waals surface area contributed by atoms with Gasteiger partial charge < -0.3 is 5.73 Å². The molecule has 0 radical (unpaired) electrons. The number of hydrogen-bond acceptors (Lipinski definition) is 4. The zero-order valence-electron chi connectivity index (χ0n) is 10.7. The molecule has 0 saturated heterocycles. The monoisotopic (exact) mass is 272 g/mol. The molecule has 5 nitrogen and oxygen atoms in total. The number of rotatable bonds is 8. The van der Waals surface area contributed by atoms with Crippen molar-refractivity contribution in [2.75, 3.05) is 13.1 Å². The molecule has 0 aliphatic rings. The van der Waals surface area contributed by atoms with Gasteiger partial charge in [-0.25, -0.2) is 4.98 Å². The van der Waals surface area contributed by atoms with Crippen molar-refractivity contribution in [3.8, 4) is 0 Å². The lowest BCUT2D eigenvalue weighted by molar-refractivity contribution is -0.964. The van der Waals surface area contributed by atoms with Crippen LogP contribution in [0.25, 0.3) is 0 Å². The minimum atomic E-state index is -0.00800. The standard InChI is InChI=1S/C12H23ClN5/c13-12-6-5-11(9-17-12)10-18(15,16)8-4-2-1-3-7-14/h5-6,9H,1-4,7-8,10,14-16H2/q+1. The number of nitrogens with zero attached hydrogens (tertiary/aromatic N) is 2. The third-order valence-corrected chi connectivity index (χ3v) is 3.02. The molecule has 1 heterocycles. The van der Waals surface area contributed by atoms with Crippen LogP contribution in [0.3, 0.4) is 0 Å². The van der Waals surface area contributed by atoms with Gasteiger partial charge in [0.15, 0.2) is 0 Å². The summed E-state index contributed by atoms with van der Waals surface area (Å²) in [6, 6.07) is 3.65. The van der Waals surface area contributed by atoms with Gasteiger partial charge in [-0.1, -0.05) is 18.0 Å². The van der Waals surface area contributed by atoms with E-state index in [0.717, 1.165) is 44.3 Å². The number of unbranched alkanes of at least 4 members (excludes halogenated alkanes) is 3. The van der Waals surface area contributed by atoms with Crippen molar-refractivity contribution in [1.82, 2.24) is 4.98 Å². The van der Waals surface area contributed by atoms with E-state index >= 15 is 0 Å².